The zero-order valence-corrected chi connectivity index (χ0v) is 10.5. The summed E-state index contributed by atoms with van der Waals surface area (Å²) in [7, 11) is 0. The molecule has 3 nitrogen and oxygen atoms in total. The molecule has 1 aliphatic rings. The lowest BCUT2D eigenvalue weighted by Crippen LogP contribution is -2.42. The van der Waals surface area contributed by atoms with Crippen LogP contribution in [-0.2, 0) is 0 Å². The van der Waals surface area contributed by atoms with Crippen molar-refractivity contribution in [3.8, 4) is 0 Å². The minimum absolute atomic E-state index is 0.122. The summed E-state index contributed by atoms with van der Waals surface area (Å²) in [6, 6.07) is 1.75. The molecule has 2 rings (SSSR count). The van der Waals surface area contributed by atoms with Crippen LogP contribution in [0.4, 0.5) is 19.3 Å². The summed E-state index contributed by atoms with van der Waals surface area (Å²) >= 11 is 2.97. The summed E-state index contributed by atoms with van der Waals surface area (Å²) < 4.78 is 27.1. The highest BCUT2D eigenvalue weighted by Gasteiger charge is 2.20. The van der Waals surface area contributed by atoms with Gasteiger partial charge in [0.25, 0.3) is 0 Å². The maximum absolute atomic E-state index is 13.4. The maximum Gasteiger partial charge on any atom is 0.319 e. The van der Waals surface area contributed by atoms with E-state index in [0.29, 0.717) is 0 Å². The van der Waals surface area contributed by atoms with Crippen molar-refractivity contribution in [2.75, 3.05) is 5.32 Å². The molecule has 0 aromatic heterocycles. The van der Waals surface area contributed by atoms with Gasteiger partial charge in [0.2, 0.25) is 0 Å². The molecule has 0 radical (unpaired) electrons. The molecule has 17 heavy (non-hydrogen) atoms. The molecule has 2 amide bonds. The van der Waals surface area contributed by atoms with Crippen LogP contribution in [0.2, 0.25) is 0 Å². The lowest BCUT2D eigenvalue weighted by Gasteiger charge is -2.26. The van der Waals surface area contributed by atoms with Gasteiger partial charge in [-0.1, -0.05) is 15.9 Å². The number of halogens is 3. The van der Waals surface area contributed by atoms with Gasteiger partial charge in [-0.3, -0.25) is 0 Å². The van der Waals surface area contributed by atoms with Crippen molar-refractivity contribution < 1.29 is 13.6 Å². The molecule has 0 atom stereocenters. The fourth-order valence-corrected chi connectivity index (χ4v) is 1.95. The second kappa shape index (κ2) is 5.00. The average molecular weight is 305 g/mol. The van der Waals surface area contributed by atoms with Crippen molar-refractivity contribution in [3.63, 3.8) is 0 Å². The van der Waals surface area contributed by atoms with Gasteiger partial charge in [0.15, 0.2) is 11.6 Å². The highest BCUT2D eigenvalue weighted by atomic mass is 79.9. The number of amides is 2. The topological polar surface area (TPSA) is 41.1 Å². The molecule has 0 bridgehead atoms. The van der Waals surface area contributed by atoms with E-state index in [1.807, 2.05) is 0 Å². The van der Waals surface area contributed by atoms with Crippen LogP contribution in [0.3, 0.4) is 0 Å². The first-order chi connectivity index (χ1) is 8.06. The summed E-state index contributed by atoms with van der Waals surface area (Å²) in [6.45, 7) is 0. The molecule has 6 heteroatoms. The molecule has 0 unspecified atom stereocenters. The zero-order chi connectivity index (χ0) is 12.4. The third kappa shape index (κ3) is 2.94. The number of hydrogen-bond acceptors (Lipinski definition) is 1. The van der Waals surface area contributed by atoms with E-state index in [1.165, 1.54) is 0 Å². The molecule has 1 fully saturated rings. The van der Waals surface area contributed by atoms with Gasteiger partial charge >= 0.3 is 6.03 Å². The fourth-order valence-electron chi connectivity index (χ4n) is 1.55. The predicted octanol–water partition coefficient (Wildman–Crippen LogP) is 3.40. The van der Waals surface area contributed by atoms with Crippen molar-refractivity contribution in [3.05, 3.63) is 28.2 Å². The molecular formula is C11H11BrF2N2O. The quantitative estimate of drug-likeness (QED) is 0.864. The Hall–Kier alpha value is -1.17. The van der Waals surface area contributed by atoms with Crippen molar-refractivity contribution >= 4 is 27.6 Å². The van der Waals surface area contributed by atoms with Crippen molar-refractivity contribution in [2.45, 2.75) is 25.3 Å². The van der Waals surface area contributed by atoms with Crippen LogP contribution in [0, 0.1) is 11.6 Å². The molecule has 0 spiro atoms. The van der Waals surface area contributed by atoms with E-state index < -0.39 is 23.4 Å². The van der Waals surface area contributed by atoms with E-state index in [2.05, 4.69) is 26.6 Å². The van der Waals surface area contributed by atoms with Gasteiger partial charge in [-0.15, -0.1) is 0 Å². The monoisotopic (exact) mass is 304 g/mol. The van der Waals surface area contributed by atoms with Crippen molar-refractivity contribution in [2.24, 2.45) is 0 Å². The van der Waals surface area contributed by atoms with E-state index in [1.54, 1.807) is 0 Å². The Morgan fingerprint density at radius 1 is 1.29 bits per heavy atom. The molecule has 1 aromatic carbocycles. The first-order valence-electron chi connectivity index (χ1n) is 5.28. The molecule has 2 N–H and O–H groups in total. The van der Waals surface area contributed by atoms with Gasteiger partial charge in [0.1, 0.15) is 5.69 Å². The third-order valence-electron chi connectivity index (χ3n) is 2.69. The van der Waals surface area contributed by atoms with Crippen LogP contribution >= 0.6 is 15.9 Å². The Balaban J connectivity index is 2.04. The van der Waals surface area contributed by atoms with E-state index in [9.17, 15) is 13.6 Å². The molecule has 92 valence electrons. The Bertz CT molecular complexity index is 426. The Kier molecular flexibility index (Phi) is 3.61. The molecule has 1 saturated carbocycles. The van der Waals surface area contributed by atoms with E-state index >= 15 is 0 Å². The van der Waals surface area contributed by atoms with Crippen molar-refractivity contribution in [1.82, 2.24) is 5.32 Å². The number of carbonyl (C=O) groups is 1. The Morgan fingerprint density at radius 3 is 2.35 bits per heavy atom. The molecule has 1 aromatic rings. The van der Waals surface area contributed by atoms with Crippen LogP contribution in [0.25, 0.3) is 0 Å². The number of nitrogens with one attached hydrogen (secondary N) is 2. The molecule has 0 aliphatic heterocycles. The van der Waals surface area contributed by atoms with Crippen LogP contribution < -0.4 is 10.6 Å². The molecular weight excluding hydrogens is 294 g/mol. The predicted molar refractivity (Wildman–Crippen MR) is 63.9 cm³/mol. The number of urea groups is 1. The number of anilines is 1. The third-order valence-corrected chi connectivity index (χ3v) is 3.14. The molecule has 0 saturated heterocycles. The maximum atomic E-state index is 13.4. The highest BCUT2D eigenvalue weighted by molar-refractivity contribution is 9.10. The zero-order valence-electron chi connectivity index (χ0n) is 8.90. The van der Waals surface area contributed by atoms with Gasteiger partial charge in [0, 0.05) is 10.5 Å². The van der Waals surface area contributed by atoms with Crippen molar-refractivity contribution in [1.29, 1.82) is 0 Å². The standard InChI is InChI=1S/C11H11BrF2N2O/c12-6-4-8(13)10(9(14)5-6)16-11(17)15-7-2-1-3-7/h4-5,7H,1-3H2,(H2,15,16,17). The number of hydrogen-bond donors (Lipinski definition) is 2. The Labute approximate surface area is 106 Å². The summed E-state index contributed by atoms with van der Waals surface area (Å²) in [4.78, 5) is 11.4. The van der Waals surface area contributed by atoms with Crippen LogP contribution in [0.5, 0.6) is 0 Å². The van der Waals surface area contributed by atoms with Gasteiger partial charge in [-0.25, -0.2) is 13.6 Å². The molecule has 1 aliphatic carbocycles. The van der Waals surface area contributed by atoms with Gasteiger partial charge < -0.3 is 10.6 Å². The summed E-state index contributed by atoms with van der Waals surface area (Å²) in [5, 5.41) is 4.82. The van der Waals surface area contributed by atoms with Crippen LogP contribution in [0.15, 0.2) is 16.6 Å². The van der Waals surface area contributed by atoms with Crippen LogP contribution in [0.1, 0.15) is 19.3 Å². The summed E-state index contributed by atoms with van der Waals surface area (Å²) in [6.07, 6.45) is 2.91. The van der Waals surface area contributed by atoms with E-state index in [4.69, 9.17) is 0 Å². The summed E-state index contributed by atoms with van der Waals surface area (Å²) in [5.41, 5.74) is -0.426. The second-order valence-electron chi connectivity index (χ2n) is 3.97. The Morgan fingerprint density at radius 2 is 1.88 bits per heavy atom. The lowest BCUT2D eigenvalue weighted by atomic mass is 9.93. The van der Waals surface area contributed by atoms with Crippen LogP contribution in [-0.4, -0.2) is 12.1 Å². The smallest absolute Gasteiger partial charge is 0.319 e. The fraction of sp³-hybridized carbons (Fsp3) is 0.364. The lowest BCUT2D eigenvalue weighted by molar-refractivity contribution is 0.239. The minimum Gasteiger partial charge on any atom is -0.335 e. The second-order valence-corrected chi connectivity index (χ2v) is 4.89. The average Bonchev–Trinajstić information content (AvgIpc) is 2.17. The van der Waals surface area contributed by atoms with E-state index in [-0.39, 0.29) is 10.5 Å². The number of benzene rings is 1. The number of carbonyl (C=O) groups excluding carboxylic acids is 1. The summed E-state index contributed by atoms with van der Waals surface area (Å²) in [5.74, 6) is -1.61. The van der Waals surface area contributed by atoms with E-state index in [0.717, 1.165) is 31.4 Å². The highest BCUT2D eigenvalue weighted by Crippen LogP contribution is 2.24. The first kappa shape index (κ1) is 12.3. The van der Waals surface area contributed by atoms with Gasteiger partial charge in [0.05, 0.1) is 0 Å². The normalized spacial score (nSPS) is 15.2. The minimum atomic E-state index is -0.805. The van der Waals surface area contributed by atoms with Gasteiger partial charge in [-0.05, 0) is 31.4 Å². The number of rotatable bonds is 2. The first-order valence-corrected chi connectivity index (χ1v) is 6.07. The molecule has 0 heterocycles. The SMILES string of the molecule is O=C(Nc1c(F)cc(Br)cc1F)NC1CCC1. The largest absolute Gasteiger partial charge is 0.335 e. The van der Waals surface area contributed by atoms with Gasteiger partial charge in [-0.2, -0.15) is 0 Å².